The number of unbranched alkanes of at least 4 members (excludes halogenated alkanes) is 1. The van der Waals surface area contributed by atoms with Crippen LogP contribution in [0.5, 0.6) is 5.75 Å². The van der Waals surface area contributed by atoms with Gasteiger partial charge in [-0.3, -0.25) is 4.79 Å². The molecular formula is C20H32N2O4S. The van der Waals surface area contributed by atoms with Crippen molar-refractivity contribution in [3.8, 4) is 5.75 Å². The van der Waals surface area contributed by atoms with Gasteiger partial charge in [0, 0.05) is 19.0 Å². The molecule has 2 rings (SSSR count). The average Bonchev–Trinajstić information content (AvgIpc) is 3.07. The zero-order chi connectivity index (χ0) is 19.7. The maximum absolute atomic E-state index is 12.3. The Bertz CT molecular complexity index is 688. The van der Waals surface area contributed by atoms with Crippen LogP contribution in [0.2, 0.25) is 0 Å². The Kier molecular flexibility index (Phi) is 8.57. The van der Waals surface area contributed by atoms with Gasteiger partial charge in [0.2, 0.25) is 15.9 Å². The van der Waals surface area contributed by atoms with Crippen molar-refractivity contribution in [3.05, 3.63) is 24.3 Å². The monoisotopic (exact) mass is 396 g/mol. The van der Waals surface area contributed by atoms with E-state index in [9.17, 15) is 13.2 Å². The van der Waals surface area contributed by atoms with Crippen molar-refractivity contribution in [2.75, 3.05) is 13.2 Å². The van der Waals surface area contributed by atoms with Crippen LogP contribution < -0.4 is 14.8 Å². The molecule has 1 aromatic rings. The highest BCUT2D eigenvalue weighted by Gasteiger charge is 2.27. The van der Waals surface area contributed by atoms with Gasteiger partial charge in [0.1, 0.15) is 5.75 Å². The predicted molar refractivity (Wildman–Crippen MR) is 106 cm³/mol. The normalized spacial score (nSPS) is 19.8. The van der Waals surface area contributed by atoms with Crippen molar-refractivity contribution >= 4 is 15.9 Å². The summed E-state index contributed by atoms with van der Waals surface area (Å²) >= 11 is 0. The Hall–Kier alpha value is -1.60. The molecule has 152 valence electrons. The lowest BCUT2D eigenvalue weighted by atomic mass is 9.97. The molecule has 1 amide bonds. The van der Waals surface area contributed by atoms with Crippen LogP contribution in [0.4, 0.5) is 0 Å². The topological polar surface area (TPSA) is 84.5 Å². The fraction of sp³-hybridized carbons (Fsp3) is 0.650. The smallest absolute Gasteiger partial charge is 0.240 e. The molecule has 0 radical (unpaired) electrons. The number of amides is 1. The lowest BCUT2D eigenvalue weighted by Gasteiger charge is -2.21. The molecule has 6 nitrogen and oxygen atoms in total. The summed E-state index contributed by atoms with van der Waals surface area (Å²) in [4.78, 5) is 12.4. The largest absolute Gasteiger partial charge is 0.494 e. The molecule has 1 fully saturated rings. The second-order valence-corrected chi connectivity index (χ2v) is 8.83. The number of hydrogen-bond donors (Lipinski definition) is 2. The van der Waals surface area contributed by atoms with Gasteiger partial charge >= 0.3 is 0 Å². The van der Waals surface area contributed by atoms with E-state index in [0.29, 0.717) is 18.3 Å². The lowest BCUT2D eigenvalue weighted by Crippen LogP contribution is -2.39. The Balaban J connectivity index is 1.78. The summed E-state index contributed by atoms with van der Waals surface area (Å²) < 4.78 is 32.4. The van der Waals surface area contributed by atoms with E-state index in [2.05, 4.69) is 17.0 Å². The molecule has 7 heteroatoms. The molecule has 0 saturated heterocycles. The van der Waals surface area contributed by atoms with Crippen molar-refractivity contribution in [2.45, 2.75) is 69.7 Å². The van der Waals surface area contributed by atoms with Gasteiger partial charge in [-0.2, -0.15) is 0 Å². The van der Waals surface area contributed by atoms with Gasteiger partial charge in [0.05, 0.1) is 11.5 Å². The number of rotatable bonds is 11. The number of ether oxygens (including phenoxy) is 1. The van der Waals surface area contributed by atoms with Crippen LogP contribution in [0.15, 0.2) is 29.2 Å². The fourth-order valence-corrected chi connectivity index (χ4v) is 4.61. The van der Waals surface area contributed by atoms with Crippen LogP contribution in [0, 0.1) is 5.92 Å². The van der Waals surface area contributed by atoms with E-state index in [4.69, 9.17) is 4.74 Å². The Morgan fingerprint density at radius 3 is 2.59 bits per heavy atom. The number of carbonyl (C=O) groups is 1. The van der Waals surface area contributed by atoms with E-state index in [-0.39, 0.29) is 29.8 Å². The van der Waals surface area contributed by atoms with Gasteiger partial charge in [0.25, 0.3) is 0 Å². The van der Waals surface area contributed by atoms with Gasteiger partial charge in [-0.1, -0.05) is 26.2 Å². The molecule has 1 aliphatic carbocycles. The fourth-order valence-electron chi connectivity index (χ4n) is 3.58. The van der Waals surface area contributed by atoms with Gasteiger partial charge in [-0.25, -0.2) is 13.1 Å². The molecule has 1 aliphatic rings. The number of hydrogen-bond acceptors (Lipinski definition) is 4. The highest BCUT2D eigenvalue weighted by Crippen LogP contribution is 2.29. The van der Waals surface area contributed by atoms with E-state index in [0.717, 1.165) is 19.3 Å². The first kappa shape index (κ1) is 21.7. The zero-order valence-corrected chi connectivity index (χ0v) is 17.2. The third-order valence-corrected chi connectivity index (χ3v) is 6.50. The first-order valence-corrected chi connectivity index (χ1v) is 11.5. The molecule has 0 heterocycles. The summed E-state index contributed by atoms with van der Waals surface area (Å²) in [5.41, 5.74) is 0. The molecule has 1 aromatic carbocycles. The van der Waals surface area contributed by atoms with Crippen molar-refractivity contribution in [2.24, 2.45) is 5.92 Å². The van der Waals surface area contributed by atoms with E-state index in [1.165, 1.54) is 31.4 Å². The molecule has 0 aliphatic heterocycles. The molecule has 0 bridgehead atoms. The minimum absolute atomic E-state index is 0.0854. The standard InChI is InChI=1S/C20H32N2O4S/c1-3-5-7-16-8-6-9-19(16)22-20(23)14-15-21-27(24,25)18-12-10-17(11-13-18)26-4-2/h10-13,16,19,21H,3-9,14-15H2,1-2H3,(H,22,23). The SMILES string of the molecule is CCCCC1CCCC1NC(=O)CCNS(=O)(=O)c1ccc(OCC)cc1. The van der Waals surface area contributed by atoms with Crippen LogP contribution in [-0.2, 0) is 14.8 Å². The predicted octanol–water partition coefficient (Wildman–Crippen LogP) is 3.23. The number of carbonyl (C=O) groups excluding carboxylic acids is 1. The van der Waals surface area contributed by atoms with Crippen LogP contribution >= 0.6 is 0 Å². The molecule has 0 spiro atoms. The quantitative estimate of drug-likeness (QED) is 0.601. The van der Waals surface area contributed by atoms with Gasteiger partial charge in [0.15, 0.2) is 0 Å². The first-order chi connectivity index (χ1) is 13.0. The third-order valence-electron chi connectivity index (χ3n) is 5.02. The molecule has 2 N–H and O–H groups in total. The first-order valence-electron chi connectivity index (χ1n) is 9.98. The maximum atomic E-state index is 12.3. The molecule has 2 atom stereocenters. The average molecular weight is 397 g/mol. The van der Waals surface area contributed by atoms with Crippen molar-refractivity contribution < 1.29 is 17.9 Å². The minimum atomic E-state index is -3.62. The van der Waals surface area contributed by atoms with Crippen LogP contribution in [0.1, 0.15) is 58.8 Å². The van der Waals surface area contributed by atoms with Gasteiger partial charge < -0.3 is 10.1 Å². The lowest BCUT2D eigenvalue weighted by molar-refractivity contribution is -0.121. The van der Waals surface area contributed by atoms with Crippen LogP contribution in [-0.4, -0.2) is 33.5 Å². The Morgan fingerprint density at radius 1 is 1.19 bits per heavy atom. The van der Waals surface area contributed by atoms with E-state index in [1.807, 2.05) is 6.92 Å². The number of nitrogens with one attached hydrogen (secondary N) is 2. The van der Waals surface area contributed by atoms with Gasteiger partial charge in [-0.05, 0) is 56.4 Å². The van der Waals surface area contributed by atoms with Crippen molar-refractivity contribution in [1.29, 1.82) is 0 Å². The Labute approximate surface area is 163 Å². The summed E-state index contributed by atoms with van der Waals surface area (Å²) in [5.74, 6) is 1.11. The van der Waals surface area contributed by atoms with Crippen molar-refractivity contribution in [1.82, 2.24) is 10.0 Å². The second-order valence-electron chi connectivity index (χ2n) is 7.06. The Morgan fingerprint density at radius 2 is 1.93 bits per heavy atom. The zero-order valence-electron chi connectivity index (χ0n) is 16.4. The summed E-state index contributed by atoms with van der Waals surface area (Å²) in [6.45, 7) is 4.67. The van der Waals surface area contributed by atoms with Gasteiger partial charge in [-0.15, -0.1) is 0 Å². The number of benzene rings is 1. The molecular weight excluding hydrogens is 364 g/mol. The molecule has 27 heavy (non-hydrogen) atoms. The minimum Gasteiger partial charge on any atom is -0.494 e. The highest BCUT2D eigenvalue weighted by molar-refractivity contribution is 7.89. The van der Waals surface area contributed by atoms with E-state index >= 15 is 0 Å². The second kappa shape index (κ2) is 10.7. The maximum Gasteiger partial charge on any atom is 0.240 e. The van der Waals surface area contributed by atoms with E-state index < -0.39 is 10.0 Å². The summed E-state index contributed by atoms with van der Waals surface area (Å²) in [6.07, 6.45) is 7.03. The van der Waals surface area contributed by atoms with Crippen molar-refractivity contribution in [3.63, 3.8) is 0 Å². The third kappa shape index (κ3) is 6.81. The molecule has 2 unspecified atom stereocenters. The molecule has 1 saturated carbocycles. The number of sulfonamides is 1. The van der Waals surface area contributed by atoms with E-state index in [1.54, 1.807) is 12.1 Å². The summed E-state index contributed by atoms with van der Waals surface area (Å²) in [6, 6.07) is 6.50. The summed E-state index contributed by atoms with van der Waals surface area (Å²) in [5, 5.41) is 3.10. The summed E-state index contributed by atoms with van der Waals surface area (Å²) in [7, 11) is -3.62. The highest BCUT2D eigenvalue weighted by atomic mass is 32.2. The molecule has 0 aromatic heterocycles. The van der Waals surface area contributed by atoms with Crippen LogP contribution in [0.25, 0.3) is 0 Å². The van der Waals surface area contributed by atoms with Crippen LogP contribution in [0.3, 0.4) is 0 Å².